The number of pyridine rings is 1. The molecule has 1 N–H and O–H groups in total. The number of amidine groups is 1. The van der Waals surface area contributed by atoms with Gasteiger partial charge >= 0.3 is 0 Å². The Morgan fingerprint density at radius 2 is 1.70 bits per heavy atom. The van der Waals surface area contributed by atoms with Crippen molar-refractivity contribution >= 4 is 40.2 Å². The van der Waals surface area contributed by atoms with Crippen LogP contribution in [0.2, 0.25) is 5.02 Å². The van der Waals surface area contributed by atoms with Gasteiger partial charge in [0.15, 0.2) is 5.84 Å². The number of benzene rings is 3. The van der Waals surface area contributed by atoms with Gasteiger partial charge < -0.3 is 4.74 Å². The lowest BCUT2D eigenvalue weighted by Crippen LogP contribution is -2.20. The Balaban J connectivity index is 1.74. The zero-order chi connectivity index (χ0) is 20.8. The first-order valence-electron chi connectivity index (χ1n) is 9.36. The molecule has 5 nitrogen and oxygen atoms in total. The van der Waals surface area contributed by atoms with Gasteiger partial charge in [0.2, 0.25) is 0 Å². The molecule has 0 saturated carbocycles. The van der Waals surface area contributed by atoms with Crippen molar-refractivity contribution in [2.45, 2.75) is 0 Å². The van der Waals surface area contributed by atoms with Crippen molar-refractivity contribution in [3.8, 4) is 5.75 Å². The highest BCUT2D eigenvalue weighted by Crippen LogP contribution is 2.27. The zero-order valence-corrected chi connectivity index (χ0v) is 17.0. The minimum atomic E-state index is 0.494. The molecule has 148 valence electrons. The normalized spacial score (nSPS) is 11.7. The molecule has 0 bridgehead atoms. The number of rotatable bonds is 5. The van der Waals surface area contributed by atoms with Crippen LogP contribution in [0, 0.1) is 0 Å². The third kappa shape index (κ3) is 4.47. The average molecular weight is 415 g/mol. The van der Waals surface area contributed by atoms with Gasteiger partial charge in [-0.05, 0) is 30.3 Å². The quantitative estimate of drug-likeness (QED) is 0.263. The zero-order valence-electron chi connectivity index (χ0n) is 16.3. The maximum atomic E-state index is 6.21. The highest BCUT2D eigenvalue weighted by Gasteiger charge is 2.09. The average Bonchev–Trinajstić information content (AvgIpc) is 2.79. The molecule has 0 aliphatic heterocycles. The van der Waals surface area contributed by atoms with E-state index in [0.717, 1.165) is 16.5 Å². The van der Waals surface area contributed by atoms with Gasteiger partial charge in [0.1, 0.15) is 17.1 Å². The van der Waals surface area contributed by atoms with Crippen molar-refractivity contribution in [1.82, 2.24) is 10.4 Å². The smallest absolute Gasteiger partial charge is 0.173 e. The Morgan fingerprint density at radius 3 is 2.57 bits per heavy atom. The Labute approximate surface area is 179 Å². The van der Waals surface area contributed by atoms with E-state index >= 15 is 0 Å². The number of aromatic nitrogens is 1. The Kier molecular flexibility index (Phi) is 6.01. The lowest BCUT2D eigenvalue weighted by Gasteiger charge is -2.09. The van der Waals surface area contributed by atoms with Crippen LogP contribution in [0.5, 0.6) is 5.75 Å². The molecular formula is C24H19ClN4O. The van der Waals surface area contributed by atoms with E-state index in [1.807, 2.05) is 84.9 Å². The number of hydrazone groups is 1. The van der Waals surface area contributed by atoms with Gasteiger partial charge in [0, 0.05) is 16.0 Å². The van der Waals surface area contributed by atoms with Crippen LogP contribution in [0.3, 0.4) is 0 Å². The molecule has 0 aliphatic carbocycles. The third-order valence-electron chi connectivity index (χ3n) is 4.44. The molecule has 0 atom stereocenters. The SMILES string of the molecule is COc1ccccc1N=C(N/N=C\c1ccccc1Cl)c1ccc2ccccc2n1. The second kappa shape index (κ2) is 9.20. The number of hydrogen-bond acceptors (Lipinski definition) is 4. The molecule has 0 amide bonds. The van der Waals surface area contributed by atoms with Crippen LogP contribution in [0.1, 0.15) is 11.3 Å². The van der Waals surface area contributed by atoms with Crippen molar-refractivity contribution in [2.75, 3.05) is 7.11 Å². The molecule has 0 spiro atoms. The first kappa shape index (κ1) is 19.6. The molecule has 4 rings (SSSR count). The molecule has 4 aromatic rings. The Bertz CT molecular complexity index is 1240. The molecule has 1 aromatic heterocycles. The highest BCUT2D eigenvalue weighted by molar-refractivity contribution is 6.33. The molecule has 0 unspecified atom stereocenters. The van der Waals surface area contributed by atoms with Crippen LogP contribution in [-0.2, 0) is 0 Å². The number of halogens is 1. The maximum Gasteiger partial charge on any atom is 0.173 e. The van der Waals surface area contributed by atoms with Gasteiger partial charge in [0.25, 0.3) is 0 Å². The van der Waals surface area contributed by atoms with Gasteiger partial charge in [-0.1, -0.05) is 66.2 Å². The predicted molar refractivity (Wildman–Crippen MR) is 123 cm³/mol. The number of para-hydroxylation sites is 3. The fraction of sp³-hybridized carbons (Fsp3) is 0.0417. The molecule has 0 aliphatic rings. The number of aliphatic imine (C=N–C) groups is 1. The number of nitrogens with one attached hydrogen (secondary N) is 1. The summed E-state index contributed by atoms with van der Waals surface area (Å²) in [4.78, 5) is 9.47. The van der Waals surface area contributed by atoms with Crippen LogP contribution in [0.25, 0.3) is 10.9 Å². The molecule has 0 fully saturated rings. The van der Waals surface area contributed by atoms with E-state index in [2.05, 4.69) is 10.5 Å². The molecule has 0 saturated heterocycles. The summed E-state index contributed by atoms with van der Waals surface area (Å²) in [5, 5.41) is 6.01. The van der Waals surface area contributed by atoms with Crippen LogP contribution >= 0.6 is 11.6 Å². The summed E-state index contributed by atoms with van der Waals surface area (Å²) in [5.41, 5.74) is 6.03. The van der Waals surface area contributed by atoms with E-state index in [4.69, 9.17) is 26.3 Å². The third-order valence-corrected chi connectivity index (χ3v) is 4.78. The van der Waals surface area contributed by atoms with Crippen LogP contribution in [0.15, 0.2) is 95.0 Å². The fourth-order valence-corrected chi connectivity index (χ4v) is 3.11. The minimum Gasteiger partial charge on any atom is -0.494 e. The molecule has 1 heterocycles. The van der Waals surface area contributed by atoms with Gasteiger partial charge in [0.05, 0.1) is 18.8 Å². The fourth-order valence-electron chi connectivity index (χ4n) is 2.92. The highest BCUT2D eigenvalue weighted by atomic mass is 35.5. The summed E-state index contributed by atoms with van der Waals surface area (Å²) in [5.74, 6) is 1.15. The number of nitrogens with zero attached hydrogens (tertiary/aromatic N) is 3. The number of hydrogen-bond donors (Lipinski definition) is 1. The van der Waals surface area contributed by atoms with Crippen molar-refractivity contribution in [2.24, 2.45) is 10.1 Å². The molecular weight excluding hydrogens is 396 g/mol. The minimum absolute atomic E-state index is 0.494. The van der Waals surface area contributed by atoms with E-state index in [-0.39, 0.29) is 0 Å². The lowest BCUT2D eigenvalue weighted by atomic mass is 10.2. The van der Waals surface area contributed by atoms with E-state index in [1.54, 1.807) is 13.3 Å². The van der Waals surface area contributed by atoms with E-state index in [9.17, 15) is 0 Å². The van der Waals surface area contributed by atoms with Gasteiger partial charge in [-0.25, -0.2) is 9.98 Å². The van der Waals surface area contributed by atoms with Gasteiger partial charge in [-0.15, -0.1) is 0 Å². The summed E-state index contributed by atoms with van der Waals surface area (Å²) in [6.45, 7) is 0. The summed E-state index contributed by atoms with van der Waals surface area (Å²) >= 11 is 6.21. The summed E-state index contributed by atoms with van der Waals surface area (Å²) < 4.78 is 5.43. The van der Waals surface area contributed by atoms with E-state index < -0.39 is 0 Å². The van der Waals surface area contributed by atoms with Crippen LogP contribution < -0.4 is 10.2 Å². The van der Waals surface area contributed by atoms with Crippen molar-refractivity contribution in [1.29, 1.82) is 0 Å². The van der Waals surface area contributed by atoms with Crippen molar-refractivity contribution in [3.05, 3.63) is 101 Å². The Morgan fingerprint density at radius 1 is 0.933 bits per heavy atom. The monoisotopic (exact) mass is 414 g/mol. The summed E-state index contributed by atoms with van der Waals surface area (Å²) in [6, 6.07) is 26.9. The largest absolute Gasteiger partial charge is 0.494 e. The summed E-state index contributed by atoms with van der Waals surface area (Å²) in [7, 11) is 1.62. The Hall–Kier alpha value is -3.70. The predicted octanol–water partition coefficient (Wildman–Crippen LogP) is 5.60. The second-order valence-corrected chi connectivity index (χ2v) is 6.82. The topological polar surface area (TPSA) is 58.9 Å². The van der Waals surface area contributed by atoms with Crippen molar-refractivity contribution < 1.29 is 4.74 Å². The first-order valence-corrected chi connectivity index (χ1v) is 9.74. The molecule has 0 radical (unpaired) electrons. The van der Waals surface area contributed by atoms with Crippen molar-refractivity contribution in [3.63, 3.8) is 0 Å². The maximum absolute atomic E-state index is 6.21. The van der Waals surface area contributed by atoms with Crippen LogP contribution in [0.4, 0.5) is 5.69 Å². The molecule has 30 heavy (non-hydrogen) atoms. The number of methoxy groups -OCH3 is 1. The summed E-state index contributed by atoms with van der Waals surface area (Å²) in [6.07, 6.45) is 1.65. The molecule has 6 heteroatoms. The lowest BCUT2D eigenvalue weighted by molar-refractivity contribution is 0.416. The number of ether oxygens (including phenoxy) is 1. The van der Waals surface area contributed by atoms with Crippen LogP contribution in [-0.4, -0.2) is 24.1 Å². The number of fused-ring (bicyclic) bond motifs is 1. The van der Waals surface area contributed by atoms with E-state index in [1.165, 1.54) is 0 Å². The van der Waals surface area contributed by atoms with E-state index in [0.29, 0.717) is 28.0 Å². The second-order valence-electron chi connectivity index (χ2n) is 6.41. The van der Waals surface area contributed by atoms with Gasteiger partial charge in [-0.2, -0.15) is 5.10 Å². The molecule has 3 aromatic carbocycles. The standard InChI is InChI=1S/C24H19ClN4O/c1-30-23-13-7-6-12-21(23)28-24(29-26-16-18-9-2-4-10-19(18)25)22-15-14-17-8-3-5-11-20(17)27-22/h2-16H,1H3,(H,28,29)/b26-16-. The first-order chi connectivity index (χ1) is 14.7. The van der Waals surface area contributed by atoms with Gasteiger partial charge in [-0.3, -0.25) is 5.43 Å².